The highest BCUT2D eigenvalue weighted by Gasteiger charge is 2.12. The van der Waals surface area contributed by atoms with E-state index in [1.54, 1.807) is 6.26 Å². The summed E-state index contributed by atoms with van der Waals surface area (Å²) in [6.07, 6.45) is 3.23. The molecule has 1 N–H and O–H groups in total. The van der Waals surface area contributed by atoms with Gasteiger partial charge in [-0.25, -0.2) is 0 Å². The van der Waals surface area contributed by atoms with E-state index in [9.17, 15) is 9.00 Å². The van der Waals surface area contributed by atoms with Gasteiger partial charge in [0.15, 0.2) is 0 Å². The van der Waals surface area contributed by atoms with Crippen LogP contribution in [-0.2, 0) is 15.6 Å². The van der Waals surface area contributed by atoms with Crippen molar-refractivity contribution in [1.29, 1.82) is 0 Å². The van der Waals surface area contributed by atoms with Gasteiger partial charge in [0.25, 0.3) is 0 Å². The molecule has 0 aliphatic heterocycles. The SMILES string of the molecule is CCC(Br)C(=O)NCCC(C)S(C)=O. The Balaban J connectivity index is 3.64. The third-order valence-corrected chi connectivity index (χ3v) is 4.49. The molecule has 0 saturated carbocycles. The summed E-state index contributed by atoms with van der Waals surface area (Å²) >= 11 is 3.27. The van der Waals surface area contributed by atoms with E-state index in [0.29, 0.717) is 6.54 Å². The highest BCUT2D eigenvalue weighted by Crippen LogP contribution is 2.04. The van der Waals surface area contributed by atoms with Crippen LogP contribution >= 0.6 is 15.9 Å². The lowest BCUT2D eigenvalue weighted by atomic mass is 10.3. The fourth-order valence-corrected chi connectivity index (χ4v) is 1.47. The first kappa shape index (κ1) is 14.1. The maximum Gasteiger partial charge on any atom is 0.233 e. The van der Waals surface area contributed by atoms with Gasteiger partial charge in [-0.15, -0.1) is 0 Å². The smallest absolute Gasteiger partial charge is 0.233 e. The molecule has 3 atom stereocenters. The number of carbonyl (C=O) groups excluding carboxylic acids is 1. The number of halogens is 1. The summed E-state index contributed by atoms with van der Waals surface area (Å²) < 4.78 is 11.0. The second-order valence-electron chi connectivity index (χ2n) is 3.26. The Kier molecular flexibility index (Phi) is 7.45. The summed E-state index contributed by atoms with van der Waals surface area (Å²) in [5, 5.41) is 2.94. The summed E-state index contributed by atoms with van der Waals surface area (Å²) in [6.45, 7) is 4.47. The lowest BCUT2D eigenvalue weighted by Gasteiger charge is -2.11. The molecule has 84 valence electrons. The van der Waals surface area contributed by atoms with Crippen molar-refractivity contribution in [3.8, 4) is 0 Å². The van der Waals surface area contributed by atoms with E-state index >= 15 is 0 Å². The second kappa shape index (κ2) is 7.40. The molecular formula is C9H18BrNO2S. The van der Waals surface area contributed by atoms with E-state index < -0.39 is 10.8 Å². The first-order chi connectivity index (χ1) is 6.49. The minimum absolute atomic E-state index is 0.0154. The lowest BCUT2D eigenvalue weighted by molar-refractivity contribution is -0.120. The Morgan fingerprint density at radius 2 is 2.14 bits per heavy atom. The molecular weight excluding hydrogens is 266 g/mol. The van der Waals surface area contributed by atoms with Gasteiger partial charge in [0, 0.05) is 28.9 Å². The van der Waals surface area contributed by atoms with E-state index in [-0.39, 0.29) is 16.0 Å². The third-order valence-electron chi connectivity index (χ3n) is 2.06. The van der Waals surface area contributed by atoms with Gasteiger partial charge in [-0.2, -0.15) is 0 Å². The molecule has 0 aromatic heterocycles. The summed E-state index contributed by atoms with van der Waals surface area (Å²) in [7, 11) is -0.801. The zero-order valence-corrected chi connectivity index (χ0v) is 11.3. The van der Waals surface area contributed by atoms with Gasteiger partial charge >= 0.3 is 0 Å². The predicted molar refractivity (Wildman–Crippen MR) is 64.2 cm³/mol. The van der Waals surface area contributed by atoms with Gasteiger partial charge in [-0.05, 0) is 12.8 Å². The Labute approximate surface area is 96.6 Å². The normalized spacial score (nSPS) is 17.1. The van der Waals surface area contributed by atoms with Crippen molar-refractivity contribution in [3.05, 3.63) is 0 Å². The summed E-state index contributed by atoms with van der Waals surface area (Å²) in [5.74, 6) is 0.0154. The van der Waals surface area contributed by atoms with Crippen LogP contribution in [0.5, 0.6) is 0 Å². The monoisotopic (exact) mass is 283 g/mol. The molecule has 0 rings (SSSR count). The molecule has 5 heteroatoms. The number of carbonyl (C=O) groups is 1. The summed E-state index contributed by atoms with van der Waals surface area (Å²) in [5.41, 5.74) is 0. The highest BCUT2D eigenvalue weighted by molar-refractivity contribution is 9.10. The maximum absolute atomic E-state index is 11.3. The molecule has 0 aliphatic rings. The van der Waals surface area contributed by atoms with Crippen molar-refractivity contribution >= 4 is 32.6 Å². The molecule has 0 saturated heterocycles. The van der Waals surface area contributed by atoms with Crippen LogP contribution in [0.1, 0.15) is 26.7 Å². The Morgan fingerprint density at radius 1 is 1.57 bits per heavy atom. The molecule has 0 heterocycles. The van der Waals surface area contributed by atoms with Crippen LogP contribution in [0, 0.1) is 0 Å². The van der Waals surface area contributed by atoms with Crippen molar-refractivity contribution in [1.82, 2.24) is 5.32 Å². The molecule has 0 aromatic rings. The largest absolute Gasteiger partial charge is 0.355 e. The molecule has 0 radical (unpaired) electrons. The van der Waals surface area contributed by atoms with E-state index in [2.05, 4.69) is 21.2 Å². The van der Waals surface area contributed by atoms with Crippen LogP contribution < -0.4 is 5.32 Å². The van der Waals surface area contributed by atoms with Crippen LogP contribution in [-0.4, -0.2) is 33.0 Å². The molecule has 14 heavy (non-hydrogen) atoms. The van der Waals surface area contributed by atoms with Crippen molar-refractivity contribution < 1.29 is 9.00 Å². The van der Waals surface area contributed by atoms with E-state index in [1.165, 1.54) is 0 Å². The van der Waals surface area contributed by atoms with Crippen molar-refractivity contribution in [2.45, 2.75) is 36.8 Å². The first-order valence-electron chi connectivity index (χ1n) is 4.73. The van der Waals surface area contributed by atoms with Gasteiger partial charge in [-0.1, -0.05) is 29.8 Å². The molecule has 1 amide bonds. The fourth-order valence-electron chi connectivity index (χ4n) is 0.861. The van der Waals surface area contributed by atoms with Gasteiger partial charge in [0.1, 0.15) is 0 Å². The topological polar surface area (TPSA) is 46.2 Å². The van der Waals surface area contributed by atoms with Gasteiger partial charge < -0.3 is 5.32 Å². The third kappa shape index (κ3) is 5.75. The van der Waals surface area contributed by atoms with Gasteiger partial charge in [0.2, 0.25) is 5.91 Å². The molecule has 0 aromatic carbocycles. The number of rotatable bonds is 6. The minimum atomic E-state index is -0.801. The number of amides is 1. The van der Waals surface area contributed by atoms with Crippen molar-refractivity contribution in [3.63, 3.8) is 0 Å². The molecule has 3 nitrogen and oxygen atoms in total. The average molecular weight is 284 g/mol. The van der Waals surface area contributed by atoms with Crippen LogP contribution in [0.25, 0.3) is 0 Å². The van der Waals surface area contributed by atoms with E-state index in [4.69, 9.17) is 0 Å². The van der Waals surface area contributed by atoms with Crippen LogP contribution in [0.15, 0.2) is 0 Å². The van der Waals surface area contributed by atoms with Gasteiger partial charge in [0.05, 0.1) is 4.83 Å². The average Bonchev–Trinajstić information content (AvgIpc) is 2.15. The number of alkyl halides is 1. The van der Waals surface area contributed by atoms with E-state index in [0.717, 1.165) is 12.8 Å². The number of hydrogen-bond donors (Lipinski definition) is 1. The Hall–Kier alpha value is 0.1000. The van der Waals surface area contributed by atoms with Crippen LogP contribution in [0.3, 0.4) is 0 Å². The Bertz CT molecular complexity index is 211. The standard InChI is InChI=1S/C9H18BrNO2S/c1-4-8(10)9(12)11-6-5-7(2)14(3)13/h7-8H,4-6H2,1-3H3,(H,11,12). The maximum atomic E-state index is 11.3. The molecule has 3 unspecified atom stereocenters. The fraction of sp³-hybridized carbons (Fsp3) is 0.889. The van der Waals surface area contributed by atoms with Crippen LogP contribution in [0.4, 0.5) is 0 Å². The van der Waals surface area contributed by atoms with Crippen molar-refractivity contribution in [2.24, 2.45) is 0 Å². The highest BCUT2D eigenvalue weighted by atomic mass is 79.9. The van der Waals surface area contributed by atoms with E-state index in [1.807, 2.05) is 13.8 Å². The molecule has 0 bridgehead atoms. The predicted octanol–water partition coefficient (Wildman–Crippen LogP) is 1.43. The zero-order valence-electron chi connectivity index (χ0n) is 8.88. The first-order valence-corrected chi connectivity index (χ1v) is 7.26. The lowest BCUT2D eigenvalue weighted by Crippen LogP contribution is -2.33. The molecule has 0 spiro atoms. The van der Waals surface area contributed by atoms with Crippen LogP contribution in [0.2, 0.25) is 0 Å². The van der Waals surface area contributed by atoms with Crippen molar-refractivity contribution in [2.75, 3.05) is 12.8 Å². The Morgan fingerprint density at radius 3 is 2.57 bits per heavy atom. The molecule has 0 fully saturated rings. The summed E-state index contributed by atoms with van der Waals surface area (Å²) in [4.78, 5) is 11.2. The minimum Gasteiger partial charge on any atom is -0.355 e. The second-order valence-corrected chi connectivity index (χ2v) is 6.17. The quantitative estimate of drug-likeness (QED) is 0.750. The summed E-state index contributed by atoms with van der Waals surface area (Å²) in [6, 6.07) is 0. The molecule has 0 aliphatic carbocycles. The van der Waals surface area contributed by atoms with Gasteiger partial charge in [-0.3, -0.25) is 9.00 Å². The zero-order chi connectivity index (χ0) is 11.1. The number of hydrogen-bond acceptors (Lipinski definition) is 2. The number of nitrogens with one attached hydrogen (secondary N) is 1.